The van der Waals surface area contributed by atoms with E-state index in [0.717, 1.165) is 0 Å². The monoisotopic (exact) mass is 900 g/mol. The zero-order valence-corrected chi connectivity index (χ0v) is 35.0. The highest BCUT2D eigenvalue weighted by molar-refractivity contribution is 8.13. The van der Waals surface area contributed by atoms with Crippen LogP contribution in [0.5, 0.6) is 23.0 Å². The molecule has 0 aliphatic rings. The summed E-state index contributed by atoms with van der Waals surface area (Å²) in [6, 6.07) is 27.4. The molecule has 6 aromatic rings. The van der Waals surface area contributed by atoms with Gasteiger partial charge in [0.1, 0.15) is 34.1 Å². The average molecular weight is 902 g/mol. The van der Waals surface area contributed by atoms with Crippen LogP contribution in [0, 0.1) is 0 Å². The first-order valence-electron chi connectivity index (χ1n) is 17.1. The fourth-order valence-electron chi connectivity index (χ4n) is 4.55. The Bertz CT molecular complexity index is 2550. The summed E-state index contributed by atoms with van der Waals surface area (Å²) in [5.74, 6) is 0.463. The van der Waals surface area contributed by atoms with Crippen molar-refractivity contribution in [1.29, 1.82) is 0 Å². The molecule has 0 saturated heterocycles. The Morgan fingerprint density at radius 2 is 1.10 bits per heavy atom. The number of benzene rings is 4. The summed E-state index contributed by atoms with van der Waals surface area (Å²) in [6.07, 6.45) is 6.28. The SMILES string of the molecule is CCOC(=O)c1cc(N)ccc1Oc1cccnc1.CCOC(=O)c1cc(NS(=O)(=O)c2ccc(Cl)cc2)ccc1Oc1cccnc1.O=S(=O)(Cl)c1ccc(Cl)cc1. The van der Waals surface area contributed by atoms with Crippen LogP contribution in [0.4, 0.5) is 11.4 Å². The molecule has 2 aromatic heterocycles. The smallest absolute Gasteiger partial charge is 0.342 e. The molecule has 19 heteroatoms. The molecular weight excluding hydrogens is 867 g/mol. The molecule has 0 unspecified atom stereocenters. The first-order valence-corrected chi connectivity index (χ1v) is 21.7. The fourth-order valence-corrected chi connectivity index (χ4v) is 6.62. The van der Waals surface area contributed by atoms with E-state index in [4.69, 9.17) is 58.6 Å². The van der Waals surface area contributed by atoms with Crippen molar-refractivity contribution in [2.24, 2.45) is 0 Å². The Balaban J connectivity index is 0.000000219. The number of nitrogens with zero attached hydrogens (tertiary/aromatic N) is 2. The molecule has 0 saturated carbocycles. The number of halogens is 3. The largest absolute Gasteiger partial charge is 0.462 e. The van der Waals surface area contributed by atoms with Crippen molar-refractivity contribution in [3.63, 3.8) is 0 Å². The molecule has 2 heterocycles. The summed E-state index contributed by atoms with van der Waals surface area (Å²) < 4.78 is 70.3. The molecule has 6 rings (SSSR count). The maximum atomic E-state index is 12.6. The number of nitrogens with one attached hydrogen (secondary N) is 1. The number of hydrogen-bond donors (Lipinski definition) is 2. The Morgan fingerprint density at radius 3 is 1.54 bits per heavy atom. The maximum absolute atomic E-state index is 12.6. The van der Waals surface area contributed by atoms with Crippen molar-refractivity contribution in [2.45, 2.75) is 23.6 Å². The molecule has 4 aromatic carbocycles. The summed E-state index contributed by atoms with van der Waals surface area (Å²) in [7, 11) is -2.43. The van der Waals surface area contributed by atoms with Crippen molar-refractivity contribution in [2.75, 3.05) is 23.7 Å². The molecule has 0 amide bonds. The van der Waals surface area contributed by atoms with Gasteiger partial charge in [-0.05, 0) is 123 Å². The van der Waals surface area contributed by atoms with Crippen LogP contribution in [-0.2, 0) is 28.5 Å². The van der Waals surface area contributed by atoms with Gasteiger partial charge >= 0.3 is 11.9 Å². The third-order valence-corrected chi connectivity index (χ3v) is 10.4. The number of rotatable bonds is 12. The second kappa shape index (κ2) is 21.7. The quantitative estimate of drug-likeness (QED) is 0.0668. The lowest BCUT2D eigenvalue weighted by atomic mass is 10.2. The van der Waals surface area contributed by atoms with Crippen LogP contribution >= 0.6 is 33.9 Å². The molecule has 0 spiro atoms. The zero-order chi connectivity index (χ0) is 43.0. The average Bonchev–Trinajstić information content (AvgIpc) is 3.20. The lowest BCUT2D eigenvalue weighted by Crippen LogP contribution is -2.14. The van der Waals surface area contributed by atoms with Crippen molar-refractivity contribution < 1.29 is 45.4 Å². The number of carbonyl (C=O) groups is 2. The van der Waals surface area contributed by atoms with Gasteiger partial charge in [0.15, 0.2) is 0 Å². The number of hydrogen-bond acceptors (Lipinski definition) is 13. The number of aromatic nitrogens is 2. The molecule has 308 valence electrons. The second-order valence-corrected chi connectivity index (χ2v) is 16.6. The third-order valence-electron chi connectivity index (χ3n) is 7.17. The van der Waals surface area contributed by atoms with E-state index in [1.54, 1.807) is 68.8 Å². The Morgan fingerprint density at radius 1 is 0.644 bits per heavy atom. The number of esters is 2. The van der Waals surface area contributed by atoms with Gasteiger partial charge in [0, 0.05) is 44.5 Å². The summed E-state index contributed by atoms with van der Waals surface area (Å²) in [5.41, 5.74) is 6.71. The Kier molecular flexibility index (Phi) is 16.9. The van der Waals surface area contributed by atoms with Gasteiger partial charge in [-0.3, -0.25) is 14.7 Å². The standard InChI is InChI=1S/C20H17ClN2O5S.C14H14N2O3.C6H4Cl2O2S/c1-2-27-20(24)18-12-15(7-10-19(18)28-16-4-3-11-22-13-16)23-29(25,26)17-8-5-14(21)6-9-17;1-2-18-14(17)12-8-10(15)5-6-13(12)19-11-4-3-7-16-9-11;7-5-1-3-6(4-2-5)11(8,9)10/h3-13,23H,2H2,1H3;3-9H,2,15H2,1H3;1-4H. The number of carbonyl (C=O) groups excluding carboxylic acids is 2. The van der Waals surface area contributed by atoms with Crippen LogP contribution in [-0.4, -0.2) is 52.0 Å². The highest BCUT2D eigenvalue weighted by Crippen LogP contribution is 2.30. The first-order chi connectivity index (χ1) is 28.1. The topological polar surface area (TPSA) is 203 Å². The predicted molar refractivity (Wildman–Crippen MR) is 225 cm³/mol. The normalized spacial score (nSPS) is 10.7. The zero-order valence-electron chi connectivity index (χ0n) is 31.1. The minimum absolute atomic E-state index is 0.0373. The number of anilines is 2. The van der Waals surface area contributed by atoms with E-state index in [2.05, 4.69) is 14.7 Å². The van der Waals surface area contributed by atoms with E-state index < -0.39 is 31.0 Å². The molecule has 3 N–H and O–H groups in total. The number of ether oxygens (including phenoxy) is 4. The lowest BCUT2D eigenvalue weighted by Gasteiger charge is -2.13. The number of nitrogens with two attached hydrogens (primary N) is 1. The molecule has 0 fully saturated rings. The van der Waals surface area contributed by atoms with E-state index in [9.17, 15) is 26.4 Å². The van der Waals surface area contributed by atoms with Gasteiger partial charge in [-0.25, -0.2) is 26.4 Å². The molecule has 59 heavy (non-hydrogen) atoms. The van der Waals surface area contributed by atoms with Crippen molar-refractivity contribution >= 4 is 76.3 Å². The van der Waals surface area contributed by atoms with Crippen molar-refractivity contribution in [3.05, 3.63) is 155 Å². The molecule has 0 aliphatic heterocycles. The van der Waals surface area contributed by atoms with Crippen LogP contribution in [0.3, 0.4) is 0 Å². The van der Waals surface area contributed by atoms with Gasteiger partial charge in [-0.1, -0.05) is 23.2 Å². The van der Waals surface area contributed by atoms with Gasteiger partial charge in [-0.15, -0.1) is 0 Å². The summed E-state index contributed by atoms with van der Waals surface area (Å²) in [6.45, 7) is 3.87. The minimum atomic E-state index is -3.87. The third kappa shape index (κ3) is 14.5. The van der Waals surface area contributed by atoms with Gasteiger partial charge in [-0.2, -0.15) is 0 Å². The van der Waals surface area contributed by atoms with Crippen LogP contribution in [0.15, 0.2) is 144 Å². The van der Waals surface area contributed by atoms with E-state index in [1.807, 2.05) is 0 Å². The number of sulfonamides is 1. The van der Waals surface area contributed by atoms with Crippen molar-refractivity contribution in [3.8, 4) is 23.0 Å². The van der Waals surface area contributed by atoms with Crippen LogP contribution in [0.1, 0.15) is 34.6 Å². The van der Waals surface area contributed by atoms with E-state index in [-0.39, 0.29) is 33.4 Å². The predicted octanol–water partition coefficient (Wildman–Crippen LogP) is 9.41. The minimum Gasteiger partial charge on any atom is -0.462 e. The molecule has 0 atom stereocenters. The van der Waals surface area contributed by atoms with Gasteiger partial charge < -0.3 is 24.7 Å². The lowest BCUT2D eigenvalue weighted by molar-refractivity contribution is 0.0513. The van der Waals surface area contributed by atoms with E-state index in [0.29, 0.717) is 45.2 Å². The van der Waals surface area contributed by atoms with E-state index in [1.165, 1.54) is 79.0 Å². The molecular formula is C40H35Cl3N4O10S2. The fraction of sp³-hybridized carbons (Fsp3) is 0.100. The molecule has 14 nitrogen and oxygen atoms in total. The summed E-state index contributed by atoms with van der Waals surface area (Å²) in [4.78, 5) is 32.2. The Labute approximate surface area is 355 Å². The second-order valence-electron chi connectivity index (χ2n) is 11.4. The molecule has 0 aliphatic carbocycles. The van der Waals surface area contributed by atoms with Crippen molar-refractivity contribution in [1.82, 2.24) is 9.97 Å². The van der Waals surface area contributed by atoms with Gasteiger partial charge in [0.05, 0.1) is 35.4 Å². The first kappa shape index (κ1) is 45.8. The van der Waals surface area contributed by atoms with E-state index >= 15 is 0 Å². The van der Waals surface area contributed by atoms with Gasteiger partial charge in [0.25, 0.3) is 19.1 Å². The highest BCUT2D eigenvalue weighted by atomic mass is 35.7. The number of nitrogen functional groups attached to an aromatic ring is 1. The van der Waals surface area contributed by atoms with Crippen LogP contribution in [0.25, 0.3) is 0 Å². The summed E-state index contributed by atoms with van der Waals surface area (Å²) >= 11 is 11.3. The van der Waals surface area contributed by atoms with Gasteiger partial charge in [0.2, 0.25) is 0 Å². The maximum Gasteiger partial charge on any atom is 0.342 e. The highest BCUT2D eigenvalue weighted by Gasteiger charge is 2.20. The van der Waals surface area contributed by atoms with Crippen LogP contribution < -0.4 is 19.9 Å². The van der Waals surface area contributed by atoms with Crippen LogP contribution in [0.2, 0.25) is 10.0 Å². The number of pyridine rings is 2. The molecule has 0 bridgehead atoms. The summed E-state index contributed by atoms with van der Waals surface area (Å²) in [5, 5.41) is 0.902. The Hall–Kier alpha value is -5.91. The molecule has 0 radical (unpaired) electrons.